The summed E-state index contributed by atoms with van der Waals surface area (Å²) in [6, 6.07) is 0.505. The molecule has 0 spiro atoms. The summed E-state index contributed by atoms with van der Waals surface area (Å²) in [5.74, 6) is 0.817. The van der Waals surface area contributed by atoms with Crippen molar-refractivity contribution in [2.75, 3.05) is 24.5 Å². The summed E-state index contributed by atoms with van der Waals surface area (Å²) < 4.78 is 0. The Labute approximate surface area is 126 Å². The number of hydrogen-bond donors (Lipinski definition) is 1. The predicted octanol–water partition coefficient (Wildman–Crippen LogP) is 3.61. The second kappa shape index (κ2) is 5.30. The highest BCUT2D eigenvalue weighted by molar-refractivity contribution is 7.15. The van der Waals surface area contributed by atoms with Crippen LogP contribution in [0.1, 0.15) is 57.1 Å². The minimum atomic E-state index is 0.365. The van der Waals surface area contributed by atoms with Gasteiger partial charge in [-0.2, -0.15) is 0 Å². The standard InChI is InChI=1S/C16H27N3S/c1-5-17-12-8-16(3,4)9-13-14(12)20-15(18-13)19-7-6-11(2)10-19/h11-12,17H,5-10H2,1-4H3. The third-order valence-electron chi connectivity index (χ3n) is 4.58. The van der Waals surface area contributed by atoms with Gasteiger partial charge in [0.05, 0.1) is 5.69 Å². The molecule has 2 atom stereocenters. The van der Waals surface area contributed by atoms with Gasteiger partial charge in [-0.1, -0.05) is 39.0 Å². The van der Waals surface area contributed by atoms with Gasteiger partial charge in [0, 0.05) is 24.0 Å². The van der Waals surface area contributed by atoms with Crippen molar-refractivity contribution in [3.63, 3.8) is 0 Å². The van der Waals surface area contributed by atoms with Crippen LogP contribution in [0.4, 0.5) is 5.13 Å². The zero-order valence-corrected chi connectivity index (χ0v) is 14.0. The maximum atomic E-state index is 5.00. The van der Waals surface area contributed by atoms with Crippen molar-refractivity contribution in [1.82, 2.24) is 10.3 Å². The fourth-order valence-electron chi connectivity index (χ4n) is 3.58. The highest BCUT2D eigenvalue weighted by Gasteiger charge is 2.35. The first-order valence-electron chi connectivity index (χ1n) is 7.96. The third kappa shape index (κ3) is 2.73. The Morgan fingerprint density at radius 3 is 2.90 bits per heavy atom. The van der Waals surface area contributed by atoms with Gasteiger partial charge < -0.3 is 10.2 Å². The predicted molar refractivity (Wildman–Crippen MR) is 86.6 cm³/mol. The van der Waals surface area contributed by atoms with E-state index in [-0.39, 0.29) is 0 Å². The van der Waals surface area contributed by atoms with E-state index in [9.17, 15) is 0 Å². The Balaban J connectivity index is 1.88. The summed E-state index contributed by atoms with van der Waals surface area (Å²) in [7, 11) is 0. The molecule has 1 saturated heterocycles. The second-order valence-corrected chi connectivity index (χ2v) is 8.31. The van der Waals surface area contributed by atoms with E-state index in [1.807, 2.05) is 11.3 Å². The fraction of sp³-hybridized carbons (Fsp3) is 0.812. The molecule has 2 aliphatic rings. The van der Waals surface area contributed by atoms with E-state index >= 15 is 0 Å². The van der Waals surface area contributed by atoms with Gasteiger partial charge in [0.15, 0.2) is 5.13 Å². The average molecular weight is 293 g/mol. The molecule has 0 aromatic carbocycles. The topological polar surface area (TPSA) is 28.2 Å². The van der Waals surface area contributed by atoms with Crippen LogP contribution in [-0.2, 0) is 6.42 Å². The van der Waals surface area contributed by atoms with Crippen LogP contribution < -0.4 is 10.2 Å². The van der Waals surface area contributed by atoms with Crippen molar-refractivity contribution in [3.05, 3.63) is 10.6 Å². The largest absolute Gasteiger partial charge is 0.348 e. The molecule has 0 bridgehead atoms. The van der Waals surface area contributed by atoms with Crippen molar-refractivity contribution in [3.8, 4) is 0 Å². The molecule has 0 saturated carbocycles. The van der Waals surface area contributed by atoms with Crippen molar-refractivity contribution in [2.24, 2.45) is 11.3 Å². The van der Waals surface area contributed by atoms with E-state index in [4.69, 9.17) is 4.98 Å². The molecule has 4 heteroatoms. The lowest BCUT2D eigenvalue weighted by molar-refractivity contribution is 0.260. The lowest BCUT2D eigenvalue weighted by Crippen LogP contribution is -2.32. The minimum absolute atomic E-state index is 0.365. The van der Waals surface area contributed by atoms with Crippen LogP contribution in [0.25, 0.3) is 0 Å². The highest BCUT2D eigenvalue weighted by Crippen LogP contribution is 2.45. The zero-order chi connectivity index (χ0) is 14.3. The number of thiazole rings is 1. The number of fused-ring (bicyclic) bond motifs is 1. The summed E-state index contributed by atoms with van der Waals surface area (Å²) in [5, 5.41) is 4.92. The van der Waals surface area contributed by atoms with Crippen LogP contribution >= 0.6 is 11.3 Å². The van der Waals surface area contributed by atoms with Gasteiger partial charge >= 0.3 is 0 Å². The zero-order valence-electron chi connectivity index (χ0n) is 13.2. The maximum Gasteiger partial charge on any atom is 0.185 e. The quantitative estimate of drug-likeness (QED) is 0.922. The molecule has 2 unspecified atom stereocenters. The highest BCUT2D eigenvalue weighted by atomic mass is 32.1. The second-order valence-electron chi connectivity index (χ2n) is 7.30. The van der Waals surface area contributed by atoms with Crippen LogP contribution in [0, 0.1) is 11.3 Å². The fourth-order valence-corrected chi connectivity index (χ4v) is 4.77. The Morgan fingerprint density at radius 2 is 2.25 bits per heavy atom. The summed E-state index contributed by atoms with van der Waals surface area (Å²) in [5.41, 5.74) is 1.72. The number of rotatable bonds is 3. The first kappa shape index (κ1) is 14.3. The van der Waals surface area contributed by atoms with E-state index in [2.05, 4.69) is 37.9 Å². The maximum absolute atomic E-state index is 5.00. The van der Waals surface area contributed by atoms with Gasteiger partial charge in [-0.25, -0.2) is 4.98 Å². The molecule has 1 aliphatic carbocycles. The molecule has 3 nitrogen and oxygen atoms in total. The smallest absolute Gasteiger partial charge is 0.185 e. The van der Waals surface area contributed by atoms with Gasteiger partial charge in [0.2, 0.25) is 0 Å². The van der Waals surface area contributed by atoms with Gasteiger partial charge in [0.25, 0.3) is 0 Å². The number of anilines is 1. The molecule has 1 fully saturated rings. The van der Waals surface area contributed by atoms with Gasteiger partial charge in [-0.15, -0.1) is 0 Å². The molecule has 1 aliphatic heterocycles. The van der Waals surface area contributed by atoms with E-state index in [0.717, 1.165) is 18.9 Å². The molecule has 112 valence electrons. The molecular formula is C16H27N3S. The van der Waals surface area contributed by atoms with Crippen molar-refractivity contribution in [2.45, 2.75) is 53.0 Å². The first-order valence-corrected chi connectivity index (χ1v) is 8.78. The van der Waals surface area contributed by atoms with Gasteiger partial charge in [-0.3, -0.25) is 0 Å². The molecule has 1 aromatic rings. The normalized spacial score (nSPS) is 28.7. The third-order valence-corrected chi connectivity index (χ3v) is 5.85. The molecule has 2 heterocycles. The Hall–Kier alpha value is -0.610. The van der Waals surface area contributed by atoms with Crippen molar-refractivity contribution >= 4 is 16.5 Å². The Morgan fingerprint density at radius 1 is 1.45 bits per heavy atom. The lowest BCUT2D eigenvalue weighted by atomic mass is 9.76. The van der Waals surface area contributed by atoms with E-state index in [0.29, 0.717) is 11.5 Å². The number of aromatic nitrogens is 1. The van der Waals surface area contributed by atoms with Crippen LogP contribution in [0.2, 0.25) is 0 Å². The molecule has 3 rings (SSSR count). The van der Waals surface area contributed by atoms with Crippen LogP contribution in [-0.4, -0.2) is 24.6 Å². The summed E-state index contributed by atoms with van der Waals surface area (Å²) in [6.07, 6.45) is 3.67. The first-order chi connectivity index (χ1) is 9.48. The Bertz CT molecular complexity index is 480. The molecule has 1 aromatic heterocycles. The van der Waals surface area contributed by atoms with Crippen LogP contribution in [0.3, 0.4) is 0 Å². The van der Waals surface area contributed by atoms with E-state index in [1.54, 1.807) is 0 Å². The number of hydrogen-bond acceptors (Lipinski definition) is 4. The molecule has 0 amide bonds. The molecule has 20 heavy (non-hydrogen) atoms. The van der Waals surface area contributed by atoms with E-state index < -0.39 is 0 Å². The SMILES string of the molecule is CCNC1CC(C)(C)Cc2nc(N3CCC(C)C3)sc21. The summed E-state index contributed by atoms with van der Waals surface area (Å²) in [4.78, 5) is 8.99. The summed E-state index contributed by atoms with van der Waals surface area (Å²) in [6.45, 7) is 12.7. The molecule has 0 radical (unpaired) electrons. The van der Waals surface area contributed by atoms with Gasteiger partial charge in [0.1, 0.15) is 0 Å². The van der Waals surface area contributed by atoms with Crippen molar-refractivity contribution in [1.29, 1.82) is 0 Å². The number of nitrogens with zero attached hydrogens (tertiary/aromatic N) is 2. The van der Waals surface area contributed by atoms with Gasteiger partial charge in [-0.05, 0) is 37.1 Å². The van der Waals surface area contributed by atoms with E-state index in [1.165, 1.54) is 41.6 Å². The number of nitrogens with one attached hydrogen (secondary N) is 1. The van der Waals surface area contributed by atoms with Crippen LogP contribution in [0.15, 0.2) is 0 Å². The van der Waals surface area contributed by atoms with Crippen molar-refractivity contribution < 1.29 is 0 Å². The Kier molecular flexibility index (Phi) is 3.80. The average Bonchev–Trinajstić information content (AvgIpc) is 2.94. The lowest BCUT2D eigenvalue weighted by Gasteiger charge is -2.34. The molecule has 1 N–H and O–H groups in total. The van der Waals surface area contributed by atoms with Crippen LogP contribution in [0.5, 0.6) is 0 Å². The monoisotopic (exact) mass is 293 g/mol. The minimum Gasteiger partial charge on any atom is -0.348 e. The molecular weight excluding hydrogens is 266 g/mol. The summed E-state index contributed by atoms with van der Waals surface area (Å²) >= 11 is 1.94.